The quantitative estimate of drug-likeness (QED) is 0.578. The molecule has 16 heavy (non-hydrogen) atoms. The Balaban J connectivity index is 2.69. The lowest BCUT2D eigenvalue weighted by atomic mass is 9.99. The average Bonchev–Trinajstić information content (AvgIpc) is 2.27. The van der Waals surface area contributed by atoms with Crippen LogP contribution in [-0.4, -0.2) is 18.9 Å². The number of esters is 1. The number of carbonyl (C=O) groups is 2. The summed E-state index contributed by atoms with van der Waals surface area (Å²) in [6.07, 6.45) is 0.191. The lowest BCUT2D eigenvalue weighted by Gasteiger charge is -2.08. The van der Waals surface area contributed by atoms with Gasteiger partial charge in [-0.3, -0.25) is 9.59 Å². The van der Waals surface area contributed by atoms with Crippen molar-refractivity contribution in [3.63, 3.8) is 0 Å². The van der Waals surface area contributed by atoms with Crippen molar-refractivity contribution in [2.45, 2.75) is 20.3 Å². The number of methoxy groups -OCH3 is 1. The van der Waals surface area contributed by atoms with Crippen molar-refractivity contribution in [3.05, 3.63) is 35.4 Å². The highest BCUT2D eigenvalue weighted by atomic mass is 16.5. The molecule has 1 aromatic rings. The molecule has 0 amide bonds. The number of hydrogen-bond acceptors (Lipinski definition) is 3. The minimum atomic E-state index is -0.391. The highest BCUT2D eigenvalue weighted by molar-refractivity contribution is 5.98. The van der Waals surface area contributed by atoms with E-state index in [0.717, 1.165) is 5.56 Å². The Bertz CT molecular complexity index is 396. The molecule has 0 aliphatic carbocycles. The Morgan fingerprint density at radius 2 is 2.06 bits per heavy atom. The fourth-order valence-electron chi connectivity index (χ4n) is 1.50. The summed E-state index contributed by atoms with van der Waals surface area (Å²) in [5.41, 5.74) is 1.69. The summed E-state index contributed by atoms with van der Waals surface area (Å²) < 4.78 is 4.58. The first-order valence-corrected chi connectivity index (χ1v) is 5.22. The molecule has 0 saturated carbocycles. The largest absolute Gasteiger partial charge is 0.469 e. The number of ether oxygens (including phenoxy) is 1. The Morgan fingerprint density at radius 1 is 1.38 bits per heavy atom. The SMILES string of the molecule is COC(=O)C(C)CC(=O)c1cccc(C)c1. The van der Waals surface area contributed by atoms with Crippen molar-refractivity contribution in [2.24, 2.45) is 5.92 Å². The third kappa shape index (κ3) is 3.19. The topological polar surface area (TPSA) is 43.4 Å². The molecule has 0 heterocycles. The average molecular weight is 220 g/mol. The highest BCUT2D eigenvalue weighted by Gasteiger charge is 2.18. The fraction of sp³-hybridized carbons (Fsp3) is 0.385. The van der Waals surface area contributed by atoms with Crippen LogP contribution < -0.4 is 0 Å². The van der Waals surface area contributed by atoms with Gasteiger partial charge in [0.1, 0.15) is 0 Å². The molecule has 3 heteroatoms. The van der Waals surface area contributed by atoms with Gasteiger partial charge in [-0.05, 0) is 13.0 Å². The first-order valence-electron chi connectivity index (χ1n) is 5.22. The van der Waals surface area contributed by atoms with Gasteiger partial charge in [0.2, 0.25) is 0 Å². The summed E-state index contributed by atoms with van der Waals surface area (Å²) >= 11 is 0. The molecular formula is C13H16O3. The number of benzene rings is 1. The van der Waals surface area contributed by atoms with Gasteiger partial charge in [-0.2, -0.15) is 0 Å². The molecular weight excluding hydrogens is 204 g/mol. The summed E-state index contributed by atoms with van der Waals surface area (Å²) in [7, 11) is 1.33. The summed E-state index contributed by atoms with van der Waals surface area (Å²) in [4.78, 5) is 23.0. The van der Waals surface area contributed by atoms with Crippen molar-refractivity contribution in [3.8, 4) is 0 Å². The molecule has 1 unspecified atom stereocenters. The molecule has 3 nitrogen and oxygen atoms in total. The molecule has 0 N–H and O–H groups in total. The van der Waals surface area contributed by atoms with Crippen LogP contribution in [0.25, 0.3) is 0 Å². The van der Waals surface area contributed by atoms with Crippen LogP contribution in [0.1, 0.15) is 29.3 Å². The van der Waals surface area contributed by atoms with Crippen molar-refractivity contribution in [2.75, 3.05) is 7.11 Å². The van der Waals surface area contributed by atoms with Gasteiger partial charge >= 0.3 is 5.97 Å². The van der Waals surface area contributed by atoms with Gasteiger partial charge in [-0.25, -0.2) is 0 Å². The molecule has 86 valence electrons. The summed E-state index contributed by atoms with van der Waals surface area (Å²) in [6.45, 7) is 3.63. The fourth-order valence-corrected chi connectivity index (χ4v) is 1.50. The zero-order chi connectivity index (χ0) is 12.1. The standard InChI is InChI=1S/C13H16O3/c1-9-5-4-6-11(7-9)12(14)8-10(2)13(15)16-3/h4-7,10H,8H2,1-3H3. The second-order valence-corrected chi connectivity index (χ2v) is 3.92. The first kappa shape index (κ1) is 12.4. The van der Waals surface area contributed by atoms with Crippen LogP contribution in [0.3, 0.4) is 0 Å². The van der Waals surface area contributed by atoms with Crippen LogP contribution in [0.5, 0.6) is 0 Å². The number of carbonyl (C=O) groups excluding carboxylic acids is 2. The predicted molar refractivity (Wildman–Crippen MR) is 61.3 cm³/mol. The van der Waals surface area contributed by atoms with Crippen molar-refractivity contribution < 1.29 is 14.3 Å². The van der Waals surface area contributed by atoms with Gasteiger partial charge in [0.05, 0.1) is 13.0 Å². The normalized spacial score (nSPS) is 11.9. The van der Waals surface area contributed by atoms with Crippen LogP contribution in [-0.2, 0) is 9.53 Å². The number of hydrogen-bond donors (Lipinski definition) is 0. The van der Waals surface area contributed by atoms with E-state index in [2.05, 4.69) is 4.74 Å². The molecule has 0 aliphatic rings. The summed E-state index contributed by atoms with van der Waals surface area (Å²) in [6, 6.07) is 7.36. The van der Waals surface area contributed by atoms with E-state index in [4.69, 9.17) is 0 Å². The zero-order valence-corrected chi connectivity index (χ0v) is 9.82. The number of ketones is 1. The third-order valence-corrected chi connectivity index (χ3v) is 2.44. The minimum Gasteiger partial charge on any atom is -0.469 e. The van der Waals surface area contributed by atoms with E-state index in [1.54, 1.807) is 13.0 Å². The smallest absolute Gasteiger partial charge is 0.308 e. The molecule has 0 bridgehead atoms. The van der Waals surface area contributed by atoms with E-state index in [-0.39, 0.29) is 18.2 Å². The van der Waals surface area contributed by atoms with Crippen LogP contribution >= 0.6 is 0 Å². The predicted octanol–water partition coefficient (Wildman–Crippen LogP) is 2.38. The van der Waals surface area contributed by atoms with E-state index in [9.17, 15) is 9.59 Å². The van der Waals surface area contributed by atoms with Crippen LogP contribution in [0, 0.1) is 12.8 Å². The lowest BCUT2D eigenvalue weighted by Crippen LogP contribution is -2.16. The van der Waals surface area contributed by atoms with Gasteiger partial charge in [0.25, 0.3) is 0 Å². The molecule has 0 radical (unpaired) electrons. The van der Waals surface area contributed by atoms with Crippen LogP contribution in [0.2, 0.25) is 0 Å². The second kappa shape index (κ2) is 5.45. The lowest BCUT2D eigenvalue weighted by molar-refractivity contribution is -0.144. The zero-order valence-electron chi connectivity index (χ0n) is 9.82. The number of rotatable bonds is 4. The van der Waals surface area contributed by atoms with Gasteiger partial charge < -0.3 is 4.74 Å². The van der Waals surface area contributed by atoms with Crippen LogP contribution in [0.4, 0.5) is 0 Å². The molecule has 0 fully saturated rings. The molecule has 1 rings (SSSR count). The van der Waals surface area contributed by atoms with E-state index >= 15 is 0 Å². The number of Topliss-reactive ketones (excluding diaryl/α,β-unsaturated/α-hetero) is 1. The number of aryl methyl sites for hydroxylation is 1. The minimum absolute atomic E-state index is 0.0263. The van der Waals surface area contributed by atoms with Gasteiger partial charge in [-0.1, -0.05) is 30.7 Å². The van der Waals surface area contributed by atoms with Crippen molar-refractivity contribution in [1.29, 1.82) is 0 Å². The molecule has 0 aliphatic heterocycles. The molecule has 1 aromatic carbocycles. The van der Waals surface area contributed by atoms with E-state index in [0.29, 0.717) is 5.56 Å². The summed E-state index contributed by atoms with van der Waals surface area (Å²) in [5.74, 6) is -0.763. The maximum Gasteiger partial charge on any atom is 0.308 e. The molecule has 0 saturated heterocycles. The second-order valence-electron chi connectivity index (χ2n) is 3.92. The third-order valence-electron chi connectivity index (χ3n) is 2.44. The van der Waals surface area contributed by atoms with Gasteiger partial charge in [0.15, 0.2) is 5.78 Å². The van der Waals surface area contributed by atoms with E-state index in [1.165, 1.54) is 7.11 Å². The molecule has 0 spiro atoms. The van der Waals surface area contributed by atoms with Gasteiger partial charge in [0, 0.05) is 12.0 Å². The van der Waals surface area contributed by atoms with Gasteiger partial charge in [-0.15, -0.1) is 0 Å². The van der Waals surface area contributed by atoms with Crippen LogP contribution in [0.15, 0.2) is 24.3 Å². The summed E-state index contributed by atoms with van der Waals surface area (Å²) in [5, 5.41) is 0. The molecule has 0 aromatic heterocycles. The Morgan fingerprint density at radius 3 is 2.62 bits per heavy atom. The maximum atomic E-state index is 11.8. The first-order chi connectivity index (χ1) is 7.54. The Hall–Kier alpha value is -1.64. The Labute approximate surface area is 95.4 Å². The van der Waals surface area contributed by atoms with E-state index < -0.39 is 5.92 Å². The maximum absolute atomic E-state index is 11.8. The monoisotopic (exact) mass is 220 g/mol. The van der Waals surface area contributed by atoms with Crippen molar-refractivity contribution >= 4 is 11.8 Å². The highest BCUT2D eigenvalue weighted by Crippen LogP contribution is 2.12. The molecule has 1 atom stereocenters. The Kier molecular flexibility index (Phi) is 4.23. The van der Waals surface area contributed by atoms with Crippen molar-refractivity contribution in [1.82, 2.24) is 0 Å². The van der Waals surface area contributed by atoms with E-state index in [1.807, 2.05) is 25.1 Å².